The fraction of sp³-hybridized carbons (Fsp3) is 0.208. The van der Waals surface area contributed by atoms with Gasteiger partial charge in [0.2, 0.25) is 0 Å². The Balaban J connectivity index is 1.10. The summed E-state index contributed by atoms with van der Waals surface area (Å²) in [7, 11) is -1.85. The summed E-state index contributed by atoms with van der Waals surface area (Å²) in [5, 5.41) is 3.90. The molecule has 0 radical (unpaired) electrons. The van der Waals surface area contributed by atoms with E-state index in [2.05, 4.69) is 207 Å². The molecule has 0 bridgehead atoms. The van der Waals surface area contributed by atoms with Gasteiger partial charge < -0.3 is 4.74 Å². The maximum absolute atomic E-state index is 6.76. The number of aromatic nitrogens is 4. The highest BCUT2D eigenvalue weighted by Gasteiger charge is 2.41. The van der Waals surface area contributed by atoms with Gasteiger partial charge in [-0.2, -0.15) is 0 Å². The third-order valence-corrected chi connectivity index (χ3v) is 16.0. The summed E-state index contributed by atoms with van der Waals surface area (Å²) in [6.07, 6.45) is 7.04. The minimum atomic E-state index is -1.85. The van der Waals surface area contributed by atoms with Crippen molar-refractivity contribution in [3.63, 3.8) is 0 Å². The zero-order valence-corrected chi connectivity index (χ0v) is 36.0. The zero-order valence-electron chi connectivity index (χ0n) is 35.0. The zero-order chi connectivity index (χ0) is 40.7. The molecule has 0 unspecified atom stereocenters. The molecule has 6 heteroatoms. The van der Waals surface area contributed by atoms with Gasteiger partial charge in [0.1, 0.15) is 17.3 Å². The molecule has 0 atom stereocenters. The molecule has 0 fully saturated rings. The molecule has 0 spiro atoms. The lowest BCUT2D eigenvalue weighted by molar-refractivity contribution is -0.570. The van der Waals surface area contributed by atoms with Crippen LogP contribution in [0.2, 0.25) is 19.1 Å². The first-order valence-electron chi connectivity index (χ1n) is 20.8. The number of pyridine rings is 1. The first kappa shape index (κ1) is 37.1. The highest BCUT2D eigenvalue weighted by molar-refractivity contribution is 6.91. The summed E-state index contributed by atoms with van der Waals surface area (Å²) in [6, 6.07) is 53.3. The highest BCUT2D eigenvalue weighted by atomic mass is 28.3. The SMILES string of the molecule is CC(C)(C)c1ccnc(-n2c3ccccc3c3ccc(Oc4cccc(-n5[c-][n+](-c6c(-c7ccccc7)ccc7c6[Si](C)(C)CCC7(C)C)c6ccccc65)c4)cc32)c1. The second-order valence-electron chi connectivity index (χ2n) is 18.6. The van der Waals surface area contributed by atoms with Crippen LogP contribution in [0.25, 0.3) is 61.2 Å². The average Bonchev–Trinajstić information content (AvgIpc) is 3.78. The van der Waals surface area contributed by atoms with E-state index in [1.165, 1.54) is 45.8 Å². The Kier molecular flexibility index (Phi) is 8.59. The molecule has 5 nitrogen and oxygen atoms in total. The van der Waals surface area contributed by atoms with E-state index in [0.29, 0.717) is 0 Å². The molecule has 0 aliphatic carbocycles. The molecule has 59 heavy (non-hydrogen) atoms. The van der Waals surface area contributed by atoms with Crippen LogP contribution in [0.3, 0.4) is 0 Å². The molecule has 1 aliphatic rings. The van der Waals surface area contributed by atoms with Gasteiger partial charge in [0.15, 0.2) is 0 Å². The summed E-state index contributed by atoms with van der Waals surface area (Å²) < 4.78 is 13.6. The van der Waals surface area contributed by atoms with Crippen LogP contribution in [0, 0.1) is 6.33 Å². The van der Waals surface area contributed by atoms with Gasteiger partial charge in [-0.3, -0.25) is 13.7 Å². The Labute approximate surface area is 348 Å². The number of ether oxygens (including phenoxy) is 1. The molecule has 9 aromatic rings. The van der Waals surface area contributed by atoms with Crippen LogP contribution in [-0.4, -0.2) is 22.2 Å². The van der Waals surface area contributed by atoms with Crippen LogP contribution in [0.4, 0.5) is 0 Å². The number of nitrogens with zero attached hydrogens (tertiary/aromatic N) is 4. The Morgan fingerprint density at radius 3 is 2.25 bits per heavy atom. The molecule has 3 aromatic heterocycles. The van der Waals surface area contributed by atoms with Gasteiger partial charge in [-0.25, -0.2) is 4.98 Å². The Bertz CT molecular complexity index is 3070. The Morgan fingerprint density at radius 2 is 1.44 bits per heavy atom. The predicted molar refractivity (Wildman–Crippen MR) is 246 cm³/mol. The number of fused-ring (bicyclic) bond motifs is 5. The number of hydrogen-bond acceptors (Lipinski definition) is 2. The van der Waals surface area contributed by atoms with Crippen molar-refractivity contribution < 1.29 is 9.30 Å². The molecule has 0 amide bonds. The van der Waals surface area contributed by atoms with Crippen molar-refractivity contribution in [3.8, 4) is 39.8 Å². The van der Waals surface area contributed by atoms with E-state index in [-0.39, 0.29) is 10.8 Å². The second-order valence-corrected chi connectivity index (χ2v) is 23.3. The number of hydrogen-bond donors (Lipinski definition) is 0. The van der Waals surface area contributed by atoms with Gasteiger partial charge in [0.25, 0.3) is 6.33 Å². The molecule has 1 aliphatic heterocycles. The van der Waals surface area contributed by atoms with Crippen molar-refractivity contribution >= 4 is 46.1 Å². The van der Waals surface area contributed by atoms with Crippen molar-refractivity contribution in [2.75, 3.05) is 0 Å². The van der Waals surface area contributed by atoms with Gasteiger partial charge >= 0.3 is 0 Å². The minimum Gasteiger partial charge on any atom is -0.458 e. The van der Waals surface area contributed by atoms with Crippen LogP contribution in [0.5, 0.6) is 11.5 Å². The maximum Gasteiger partial charge on any atom is 0.269 e. The largest absolute Gasteiger partial charge is 0.458 e. The number of benzene rings is 6. The molecule has 6 aromatic carbocycles. The third kappa shape index (κ3) is 6.29. The first-order chi connectivity index (χ1) is 28.4. The van der Waals surface area contributed by atoms with Crippen LogP contribution in [0.15, 0.2) is 152 Å². The third-order valence-electron chi connectivity index (χ3n) is 12.6. The summed E-state index contributed by atoms with van der Waals surface area (Å²) in [5.41, 5.74) is 11.9. The summed E-state index contributed by atoms with van der Waals surface area (Å²) in [4.78, 5) is 4.88. The highest BCUT2D eigenvalue weighted by Crippen LogP contribution is 2.41. The van der Waals surface area contributed by atoms with Gasteiger partial charge in [-0.15, -0.1) is 0 Å². The molecule has 4 heterocycles. The summed E-state index contributed by atoms with van der Waals surface area (Å²) in [5.74, 6) is 2.42. The standard InChI is InChI=1S/C53H50N4OSi/c1-52(2,3)37-28-30-54-49(32-37)57-45-21-12-11-20-42(45)43-25-24-40(34-48(43)57)58-39-19-15-18-38(33-39)55-35-56(47-23-14-13-22-46(47)55)50-41(36-16-9-8-10-17-36)26-27-44-51(50)59(6,7)31-29-53(44,4)5/h8-28,30,32-34H,29,31H2,1-7H3. The van der Waals surface area contributed by atoms with E-state index >= 15 is 0 Å². The van der Waals surface area contributed by atoms with Gasteiger partial charge in [-0.1, -0.05) is 145 Å². The van der Waals surface area contributed by atoms with E-state index in [9.17, 15) is 0 Å². The molecule has 0 N–H and O–H groups in total. The van der Waals surface area contributed by atoms with E-state index in [1.54, 1.807) is 5.19 Å². The van der Waals surface area contributed by atoms with E-state index in [1.807, 2.05) is 12.3 Å². The van der Waals surface area contributed by atoms with Gasteiger partial charge in [-0.05, 0) is 93.2 Å². The minimum absolute atomic E-state index is 0.00259. The van der Waals surface area contributed by atoms with Gasteiger partial charge in [0.05, 0.1) is 41.5 Å². The fourth-order valence-electron chi connectivity index (χ4n) is 9.32. The van der Waals surface area contributed by atoms with Crippen molar-refractivity contribution in [2.24, 2.45) is 0 Å². The Morgan fingerprint density at radius 1 is 0.712 bits per heavy atom. The lowest BCUT2D eigenvalue weighted by Gasteiger charge is -2.42. The number of rotatable bonds is 6. The van der Waals surface area contributed by atoms with Crippen molar-refractivity contribution in [1.82, 2.24) is 14.1 Å². The van der Waals surface area contributed by atoms with Crippen molar-refractivity contribution in [1.29, 1.82) is 0 Å². The quantitative estimate of drug-likeness (QED) is 0.0956. The van der Waals surface area contributed by atoms with Crippen LogP contribution in [0.1, 0.15) is 52.2 Å². The van der Waals surface area contributed by atoms with Crippen LogP contribution < -0.4 is 14.5 Å². The molecule has 0 saturated carbocycles. The van der Waals surface area contributed by atoms with Crippen LogP contribution >= 0.6 is 0 Å². The molecule has 0 saturated heterocycles. The molecule has 10 rings (SSSR count). The monoisotopic (exact) mass is 786 g/mol. The smallest absolute Gasteiger partial charge is 0.269 e. The van der Waals surface area contributed by atoms with Crippen molar-refractivity contribution in [3.05, 3.63) is 169 Å². The maximum atomic E-state index is 6.76. The topological polar surface area (TPSA) is 35.9 Å². The number of para-hydroxylation sites is 3. The molecular weight excluding hydrogens is 737 g/mol. The average molecular weight is 787 g/mol. The Hall–Kier alpha value is -6.24. The first-order valence-corrected chi connectivity index (χ1v) is 24.1. The van der Waals surface area contributed by atoms with Crippen LogP contribution in [-0.2, 0) is 10.8 Å². The normalized spacial score (nSPS) is 14.8. The van der Waals surface area contributed by atoms with E-state index in [4.69, 9.17) is 9.72 Å². The van der Waals surface area contributed by atoms with E-state index < -0.39 is 8.07 Å². The molecule has 292 valence electrons. The second kappa shape index (κ2) is 13.7. The van der Waals surface area contributed by atoms with Crippen molar-refractivity contribution in [2.45, 2.75) is 71.0 Å². The fourth-order valence-corrected chi connectivity index (χ4v) is 12.9. The lowest BCUT2D eigenvalue weighted by atomic mass is 9.80. The van der Waals surface area contributed by atoms with Gasteiger partial charge in [0, 0.05) is 23.0 Å². The summed E-state index contributed by atoms with van der Waals surface area (Å²) in [6.45, 7) is 16.7. The summed E-state index contributed by atoms with van der Waals surface area (Å²) >= 11 is 0. The predicted octanol–water partition coefficient (Wildman–Crippen LogP) is 12.6. The lowest BCUT2D eigenvalue weighted by Crippen LogP contribution is -2.56. The number of imidazole rings is 1. The molecular formula is C53H50N4OSi. The van der Waals surface area contributed by atoms with E-state index in [0.717, 1.165) is 50.5 Å².